The molecule has 4 nitrogen and oxygen atoms in total. The number of aliphatic hydroxyl groups is 1. The van der Waals surface area contributed by atoms with Crippen molar-refractivity contribution in [1.29, 1.82) is 0 Å². The van der Waals surface area contributed by atoms with E-state index in [4.69, 9.17) is 4.74 Å². The van der Waals surface area contributed by atoms with Crippen LogP contribution in [0.1, 0.15) is 24.3 Å². The molecule has 0 radical (unpaired) electrons. The van der Waals surface area contributed by atoms with Crippen molar-refractivity contribution >= 4 is 15.9 Å². The summed E-state index contributed by atoms with van der Waals surface area (Å²) in [5.41, 5.74) is 1.79. The van der Waals surface area contributed by atoms with E-state index in [9.17, 15) is 5.11 Å². The van der Waals surface area contributed by atoms with Crippen LogP contribution in [0.5, 0.6) is 5.75 Å². The van der Waals surface area contributed by atoms with Gasteiger partial charge in [-0.2, -0.15) is 0 Å². The molecule has 19 heavy (non-hydrogen) atoms. The normalized spacial score (nSPS) is 12.4. The molecule has 1 heterocycles. The number of aliphatic hydroxyl groups excluding tert-OH is 1. The fraction of sp³-hybridized carbons (Fsp3) is 0.357. The zero-order chi connectivity index (χ0) is 13.8. The molecule has 1 atom stereocenters. The van der Waals surface area contributed by atoms with Crippen LogP contribution in [-0.4, -0.2) is 21.8 Å². The van der Waals surface area contributed by atoms with Gasteiger partial charge >= 0.3 is 0 Å². The monoisotopic (exact) mass is 324 g/mol. The fourth-order valence-corrected chi connectivity index (χ4v) is 2.50. The predicted octanol–water partition coefficient (Wildman–Crippen LogP) is 2.95. The standard InChI is InChI=1S/C14H17BrN2O2/c1-3-17-9-16-8-12(17)13(18)7-10-6-11(15)4-5-14(10)19-2/h4-6,8-9,13,18H,3,7H2,1-2H3. The highest BCUT2D eigenvalue weighted by Gasteiger charge is 2.15. The largest absolute Gasteiger partial charge is 0.496 e. The zero-order valence-electron chi connectivity index (χ0n) is 11.0. The maximum atomic E-state index is 10.4. The molecule has 0 saturated heterocycles. The summed E-state index contributed by atoms with van der Waals surface area (Å²) in [6.45, 7) is 2.82. The molecule has 0 aliphatic heterocycles. The Morgan fingerprint density at radius 1 is 1.47 bits per heavy atom. The van der Waals surface area contributed by atoms with E-state index in [2.05, 4.69) is 20.9 Å². The highest BCUT2D eigenvalue weighted by Crippen LogP contribution is 2.27. The number of nitrogens with zero attached hydrogens (tertiary/aromatic N) is 2. The summed E-state index contributed by atoms with van der Waals surface area (Å²) in [7, 11) is 1.63. The lowest BCUT2D eigenvalue weighted by Gasteiger charge is -2.15. The first-order valence-electron chi connectivity index (χ1n) is 6.16. The van der Waals surface area contributed by atoms with Crippen LogP contribution in [-0.2, 0) is 13.0 Å². The van der Waals surface area contributed by atoms with Crippen molar-refractivity contribution in [2.75, 3.05) is 7.11 Å². The number of hydrogen-bond donors (Lipinski definition) is 1. The van der Waals surface area contributed by atoms with Crippen LogP contribution in [0.15, 0.2) is 35.2 Å². The summed E-state index contributed by atoms with van der Waals surface area (Å²) in [6, 6.07) is 5.78. The number of aryl methyl sites for hydroxylation is 1. The van der Waals surface area contributed by atoms with E-state index in [-0.39, 0.29) is 0 Å². The van der Waals surface area contributed by atoms with Crippen LogP contribution in [0.25, 0.3) is 0 Å². The van der Waals surface area contributed by atoms with Crippen molar-refractivity contribution in [3.8, 4) is 5.75 Å². The molecule has 1 aromatic carbocycles. The van der Waals surface area contributed by atoms with Gasteiger partial charge in [-0.05, 0) is 30.7 Å². The minimum Gasteiger partial charge on any atom is -0.496 e. The summed E-state index contributed by atoms with van der Waals surface area (Å²) in [5.74, 6) is 0.782. The Kier molecular flexibility index (Phi) is 4.61. The smallest absolute Gasteiger partial charge is 0.122 e. The van der Waals surface area contributed by atoms with Crippen LogP contribution in [0.4, 0.5) is 0 Å². The first-order valence-corrected chi connectivity index (χ1v) is 6.95. The molecule has 0 saturated carbocycles. The fourth-order valence-electron chi connectivity index (χ4n) is 2.09. The van der Waals surface area contributed by atoms with Crippen molar-refractivity contribution in [1.82, 2.24) is 9.55 Å². The molecular formula is C14H17BrN2O2. The maximum absolute atomic E-state index is 10.4. The average Bonchev–Trinajstić information content (AvgIpc) is 2.87. The number of aromatic nitrogens is 2. The third-order valence-electron chi connectivity index (χ3n) is 3.08. The second-order valence-corrected chi connectivity index (χ2v) is 5.20. The molecule has 0 aliphatic rings. The van der Waals surface area contributed by atoms with Gasteiger partial charge in [-0.15, -0.1) is 0 Å². The lowest BCUT2D eigenvalue weighted by Crippen LogP contribution is -2.09. The van der Waals surface area contributed by atoms with Gasteiger partial charge in [-0.25, -0.2) is 4.98 Å². The molecule has 1 N–H and O–H groups in total. The van der Waals surface area contributed by atoms with Gasteiger partial charge in [0.1, 0.15) is 5.75 Å². The molecular weight excluding hydrogens is 308 g/mol. The number of halogens is 1. The molecule has 0 fully saturated rings. The molecule has 0 bridgehead atoms. The van der Waals surface area contributed by atoms with Crippen molar-refractivity contribution in [3.05, 3.63) is 46.5 Å². The van der Waals surface area contributed by atoms with Crippen LogP contribution < -0.4 is 4.74 Å². The molecule has 0 amide bonds. The Labute approximate surface area is 121 Å². The number of imidazole rings is 1. The Balaban J connectivity index is 2.23. The van der Waals surface area contributed by atoms with Gasteiger partial charge in [0, 0.05) is 17.4 Å². The van der Waals surface area contributed by atoms with E-state index in [0.717, 1.165) is 28.0 Å². The van der Waals surface area contributed by atoms with Crippen molar-refractivity contribution in [2.45, 2.75) is 26.0 Å². The lowest BCUT2D eigenvalue weighted by atomic mass is 10.0. The van der Waals surface area contributed by atoms with E-state index in [1.54, 1.807) is 19.6 Å². The molecule has 0 aliphatic carbocycles. The van der Waals surface area contributed by atoms with Gasteiger partial charge in [0.15, 0.2) is 0 Å². The number of methoxy groups -OCH3 is 1. The van der Waals surface area contributed by atoms with Crippen LogP contribution in [0.3, 0.4) is 0 Å². The Morgan fingerprint density at radius 2 is 2.26 bits per heavy atom. The lowest BCUT2D eigenvalue weighted by molar-refractivity contribution is 0.168. The topological polar surface area (TPSA) is 47.3 Å². The SMILES string of the molecule is CCn1cncc1C(O)Cc1cc(Br)ccc1OC. The first-order chi connectivity index (χ1) is 9.15. The second kappa shape index (κ2) is 6.21. The van der Waals surface area contributed by atoms with Gasteiger partial charge in [-0.1, -0.05) is 15.9 Å². The molecule has 2 aromatic rings. The third kappa shape index (κ3) is 3.16. The first kappa shape index (κ1) is 14.1. The Bertz CT molecular complexity index is 554. The van der Waals surface area contributed by atoms with Crippen LogP contribution >= 0.6 is 15.9 Å². The van der Waals surface area contributed by atoms with E-state index in [1.807, 2.05) is 29.7 Å². The van der Waals surface area contributed by atoms with Crippen molar-refractivity contribution < 1.29 is 9.84 Å². The van der Waals surface area contributed by atoms with Crippen LogP contribution in [0, 0.1) is 0 Å². The van der Waals surface area contributed by atoms with E-state index >= 15 is 0 Å². The minimum absolute atomic E-state index is 0.494. The minimum atomic E-state index is -0.592. The summed E-state index contributed by atoms with van der Waals surface area (Å²) in [4.78, 5) is 4.08. The second-order valence-electron chi connectivity index (χ2n) is 4.28. The average molecular weight is 325 g/mol. The number of benzene rings is 1. The van der Waals surface area contributed by atoms with Gasteiger partial charge in [0.25, 0.3) is 0 Å². The third-order valence-corrected chi connectivity index (χ3v) is 3.58. The highest BCUT2D eigenvalue weighted by molar-refractivity contribution is 9.10. The van der Waals surface area contributed by atoms with E-state index in [0.29, 0.717) is 6.42 Å². The summed E-state index contributed by atoms with van der Waals surface area (Å²) in [5, 5.41) is 10.4. The van der Waals surface area contributed by atoms with Crippen LogP contribution in [0.2, 0.25) is 0 Å². The zero-order valence-corrected chi connectivity index (χ0v) is 12.6. The molecule has 5 heteroatoms. The molecule has 1 aromatic heterocycles. The molecule has 102 valence electrons. The summed E-state index contributed by atoms with van der Waals surface area (Å²) < 4.78 is 8.23. The maximum Gasteiger partial charge on any atom is 0.122 e. The van der Waals surface area contributed by atoms with Gasteiger partial charge < -0.3 is 14.4 Å². The van der Waals surface area contributed by atoms with Gasteiger partial charge in [-0.3, -0.25) is 0 Å². The van der Waals surface area contributed by atoms with E-state index < -0.39 is 6.10 Å². The van der Waals surface area contributed by atoms with Crippen molar-refractivity contribution in [3.63, 3.8) is 0 Å². The number of rotatable bonds is 5. The number of ether oxygens (including phenoxy) is 1. The summed E-state index contributed by atoms with van der Waals surface area (Å²) >= 11 is 3.44. The Morgan fingerprint density at radius 3 is 2.95 bits per heavy atom. The van der Waals surface area contributed by atoms with Crippen molar-refractivity contribution in [2.24, 2.45) is 0 Å². The summed E-state index contributed by atoms with van der Waals surface area (Å²) in [6.07, 6.45) is 3.34. The quantitative estimate of drug-likeness (QED) is 0.919. The molecule has 1 unspecified atom stereocenters. The molecule has 2 rings (SSSR count). The van der Waals surface area contributed by atoms with Gasteiger partial charge in [0.05, 0.1) is 31.4 Å². The van der Waals surface area contributed by atoms with Gasteiger partial charge in [0.2, 0.25) is 0 Å². The molecule has 0 spiro atoms. The Hall–Kier alpha value is -1.33. The van der Waals surface area contributed by atoms with E-state index in [1.165, 1.54) is 0 Å². The number of hydrogen-bond acceptors (Lipinski definition) is 3. The highest BCUT2D eigenvalue weighted by atomic mass is 79.9. The predicted molar refractivity (Wildman–Crippen MR) is 77.3 cm³/mol.